The van der Waals surface area contributed by atoms with Gasteiger partial charge in [-0.15, -0.1) is 0 Å². The lowest BCUT2D eigenvalue weighted by atomic mass is 10.1. The van der Waals surface area contributed by atoms with Crippen LogP contribution in [0.25, 0.3) is 16.6 Å². The van der Waals surface area contributed by atoms with Gasteiger partial charge in [-0.1, -0.05) is 50.5 Å². The van der Waals surface area contributed by atoms with E-state index in [4.69, 9.17) is 4.98 Å². The summed E-state index contributed by atoms with van der Waals surface area (Å²) in [6.45, 7) is 3.93. The Morgan fingerprint density at radius 1 is 0.975 bits per heavy atom. The van der Waals surface area contributed by atoms with E-state index < -0.39 is 35.2 Å². The molecule has 3 aromatic carbocycles. The number of unbranched alkanes of at least 4 members (excludes halogenated alkanes) is 3. The van der Waals surface area contributed by atoms with E-state index in [-0.39, 0.29) is 18.1 Å². The highest BCUT2D eigenvalue weighted by molar-refractivity contribution is 5.90. The molecular formula is C30H30F4N4O2. The molecule has 0 bridgehead atoms. The van der Waals surface area contributed by atoms with Gasteiger partial charge in [-0.2, -0.15) is 13.2 Å². The standard InChI is InChI=1S/C30H30F4N4O2/c1-3-4-5-10-19-37(29(40)36-26-14-9-7-12-24(26)30(32,33)34)20(2)27-35-25-13-8-6-11-23(25)28(39)38(27)22-17-15-21(31)16-18-22/h6-9,11-18,20H,3-5,10,19H2,1-2H3,(H,36,40). The number of benzene rings is 3. The van der Waals surface area contributed by atoms with Crippen LogP contribution < -0.4 is 10.9 Å². The molecule has 0 spiro atoms. The number of carbonyl (C=O) groups is 1. The van der Waals surface area contributed by atoms with Crippen molar-refractivity contribution in [3.63, 3.8) is 0 Å². The zero-order valence-electron chi connectivity index (χ0n) is 22.2. The lowest BCUT2D eigenvalue weighted by Gasteiger charge is -2.31. The van der Waals surface area contributed by atoms with Crippen LogP contribution in [0.5, 0.6) is 0 Å². The predicted molar refractivity (Wildman–Crippen MR) is 147 cm³/mol. The van der Waals surface area contributed by atoms with Crippen molar-refractivity contribution in [1.29, 1.82) is 0 Å². The summed E-state index contributed by atoms with van der Waals surface area (Å²) < 4.78 is 56.0. The number of urea groups is 1. The summed E-state index contributed by atoms with van der Waals surface area (Å²) in [5.41, 5.74) is -0.989. The Morgan fingerprint density at radius 3 is 2.35 bits per heavy atom. The highest BCUT2D eigenvalue weighted by Crippen LogP contribution is 2.35. The van der Waals surface area contributed by atoms with Crippen molar-refractivity contribution in [2.45, 2.75) is 51.7 Å². The molecule has 4 aromatic rings. The molecule has 1 atom stereocenters. The van der Waals surface area contributed by atoms with Crippen molar-refractivity contribution in [2.24, 2.45) is 0 Å². The number of aromatic nitrogens is 2. The lowest BCUT2D eigenvalue weighted by Crippen LogP contribution is -2.40. The maximum absolute atomic E-state index is 13.7. The van der Waals surface area contributed by atoms with Crippen LogP contribution in [-0.4, -0.2) is 27.0 Å². The van der Waals surface area contributed by atoms with Crippen molar-refractivity contribution in [1.82, 2.24) is 14.5 Å². The minimum atomic E-state index is -4.66. The molecule has 1 unspecified atom stereocenters. The number of nitrogens with one attached hydrogen (secondary N) is 1. The van der Waals surface area contributed by atoms with Crippen LogP contribution in [0.4, 0.5) is 28.0 Å². The zero-order chi connectivity index (χ0) is 28.9. The van der Waals surface area contributed by atoms with E-state index in [1.807, 2.05) is 6.92 Å². The number of para-hydroxylation sites is 2. The second-order valence-corrected chi connectivity index (χ2v) is 9.51. The number of hydrogen-bond donors (Lipinski definition) is 1. The number of rotatable bonds is 9. The zero-order valence-corrected chi connectivity index (χ0v) is 22.2. The molecule has 0 aliphatic heterocycles. The van der Waals surface area contributed by atoms with Gasteiger partial charge in [0.15, 0.2) is 0 Å². The molecule has 2 amide bonds. The van der Waals surface area contributed by atoms with Gasteiger partial charge in [0.1, 0.15) is 11.6 Å². The number of halogens is 4. The van der Waals surface area contributed by atoms with Crippen LogP contribution in [0.2, 0.25) is 0 Å². The normalized spacial score (nSPS) is 12.3. The van der Waals surface area contributed by atoms with Crippen LogP contribution in [0.3, 0.4) is 0 Å². The van der Waals surface area contributed by atoms with Gasteiger partial charge in [-0.05, 0) is 61.9 Å². The SMILES string of the molecule is CCCCCCN(C(=O)Nc1ccccc1C(F)(F)F)C(C)c1nc2ccccc2c(=O)n1-c1ccc(F)cc1. The fourth-order valence-electron chi connectivity index (χ4n) is 4.62. The lowest BCUT2D eigenvalue weighted by molar-refractivity contribution is -0.136. The maximum Gasteiger partial charge on any atom is 0.418 e. The van der Waals surface area contributed by atoms with Gasteiger partial charge in [-0.3, -0.25) is 9.36 Å². The molecule has 0 saturated heterocycles. The summed E-state index contributed by atoms with van der Waals surface area (Å²) in [6.07, 6.45) is -1.38. The Labute approximate surface area is 229 Å². The number of hydrogen-bond acceptors (Lipinski definition) is 3. The summed E-state index contributed by atoms with van der Waals surface area (Å²) in [5, 5.41) is 2.76. The van der Waals surface area contributed by atoms with Crippen molar-refractivity contribution in [3.05, 3.63) is 100 Å². The molecule has 40 heavy (non-hydrogen) atoms. The van der Waals surface area contributed by atoms with E-state index in [0.717, 1.165) is 25.3 Å². The Balaban J connectivity index is 1.80. The Kier molecular flexibility index (Phi) is 8.86. The third-order valence-corrected chi connectivity index (χ3v) is 6.72. The van der Waals surface area contributed by atoms with Crippen LogP contribution in [0.15, 0.2) is 77.6 Å². The van der Waals surface area contributed by atoms with Crippen LogP contribution in [0.1, 0.15) is 57.0 Å². The van der Waals surface area contributed by atoms with Crippen LogP contribution in [0, 0.1) is 5.82 Å². The molecule has 0 saturated carbocycles. The largest absolute Gasteiger partial charge is 0.418 e. The molecule has 1 N–H and O–H groups in total. The minimum Gasteiger partial charge on any atom is -0.315 e. The maximum atomic E-state index is 13.7. The molecule has 0 aliphatic rings. The highest BCUT2D eigenvalue weighted by atomic mass is 19.4. The summed E-state index contributed by atoms with van der Waals surface area (Å²) in [6, 6.07) is 15.2. The molecule has 210 valence electrons. The summed E-state index contributed by atoms with van der Waals surface area (Å²) >= 11 is 0. The monoisotopic (exact) mass is 554 g/mol. The van der Waals surface area contributed by atoms with Gasteiger partial charge in [0.2, 0.25) is 0 Å². The van der Waals surface area contributed by atoms with E-state index in [0.29, 0.717) is 23.0 Å². The molecule has 0 aliphatic carbocycles. The molecule has 0 radical (unpaired) electrons. The first-order valence-electron chi connectivity index (χ1n) is 13.1. The van der Waals surface area contributed by atoms with Crippen LogP contribution in [-0.2, 0) is 6.18 Å². The number of nitrogens with zero attached hydrogens (tertiary/aromatic N) is 3. The second kappa shape index (κ2) is 12.3. The molecule has 10 heteroatoms. The molecule has 1 heterocycles. The van der Waals surface area contributed by atoms with E-state index >= 15 is 0 Å². The summed E-state index contributed by atoms with van der Waals surface area (Å²) in [4.78, 5) is 33.4. The Morgan fingerprint density at radius 2 is 1.65 bits per heavy atom. The van der Waals surface area contributed by atoms with Gasteiger partial charge in [0, 0.05) is 6.54 Å². The molecule has 0 fully saturated rings. The second-order valence-electron chi connectivity index (χ2n) is 9.51. The average molecular weight is 555 g/mol. The number of carbonyl (C=O) groups excluding carboxylic acids is 1. The van der Waals surface area contributed by atoms with Gasteiger partial charge in [0.25, 0.3) is 5.56 Å². The van der Waals surface area contributed by atoms with Crippen LogP contribution >= 0.6 is 0 Å². The molecule has 4 rings (SSSR count). The number of amides is 2. The van der Waals surface area contributed by atoms with Crippen molar-refractivity contribution < 1.29 is 22.4 Å². The first-order chi connectivity index (χ1) is 19.1. The highest BCUT2D eigenvalue weighted by Gasteiger charge is 2.34. The van der Waals surface area contributed by atoms with Gasteiger partial charge < -0.3 is 10.2 Å². The summed E-state index contributed by atoms with van der Waals surface area (Å²) in [7, 11) is 0. The molecule has 1 aromatic heterocycles. The van der Waals surface area contributed by atoms with Gasteiger partial charge in [0.05, 0.1) is 33.9 Å². The Hall–Kier alpha value is -4.21. The number of anilines is 1. The number of alkyl halides is 3. The van der Waals surface area contributed by atoms with Crippen molar-refractivity contribution in [3.8, 4) is 5.69 Å². The molecule has 6 nitrogen and oxygen atoms in total. The minimum absolute atomic E-state index is 0.199. The van der Waals surface area contributed by atoms with Crippen molar-refractivity contribution >= 4 is 22.6 Å². The summed E-state index contributed by atoms with van der Waals surface area (Å²) in [5.74, 6) is -0.287. The average Bonchev–Trinajstić information content (AvgIpc) is 2.93. The Bertz CT molecular complexity index is 1530. The van der Waals surface area contributed by atoms with Gasteiger partial charge in [-0.25, -0.2) is 14.2 Å². The third kappa shape index (κ3) is 6.32. The smallest absolute Gasteiger partial charge is 0.315 e. The third-order valence-electron chi connectivity index (χ3n) is 6.72. The fourth-order valence-corrected chi connectivity index (χ4v) is 4.62. The van der Waals surface area contributed by atoms with E-state index in [1.54, 1.807) is 31.2 Å². The fraction of sp³-hybridized carbons (Fsp3) is 0.300. The quantitative estimate of drug-likeness (QED) is 0.170. The number of fused-ring (bicyclic) bond motifs is 1. The predicted octanol–water partition coefficient (Wildman–Crippen LogP) is 7.72. The van der Waals surface area contributed by atoms with E-state index in [2.05, 4.69) is 5.32 Å². The van der Waals surface area contributed by atoms with Crippen molar-refractivity contribution in [2.75, 3.05) is 11.9 Å². The first kappa shape index (κ1) is 28.8. The van der Waals surface area contributed by atoms with Gasteiger partial charge >= 0.3 is 12.2 Å². The van der Waals surface area contributed by atoms with E-state index in [9.17, 15) is 27.2 Å². The first-order valence-corrected chi connectivity index (χ1v) is 13.1. The topological polar surface area (TPSA) is 67.2 Å². The van der Waals surface area contributed by atoms with E-state index in [1.165, 1.54) is 51.9 Å². The molecular weight excluding hydrogens is 524 g/mol.